The molecule has 0 aromatic carbocycles. The largest absolute Gasteiger partial charge is 0.373 e. The number of nitrogens with zero attached hydrogens (tertiary/aromatic N) is 1. The molecule has 17 heavy (non-hydrogen) atoms. The third-order valence-electron chi connectivity index (χ3n) is 3.35. The van der Waals surface area contributed by atoms with E-state index in [1.165, 1.54) is 25.7 Å². The predicted molar refractivity (Wildman–Crippen MR) is 68.3 cm³/mol. The maximum atomic E-state index is 5.92. The molecule has 0 bridgehead atoms. The molecule has 1 saturated carbocycles. The first-order valence-corrected chi connectivity index (χ1v) is 6.31. The second-order valence-corrected chi connectivity index (χ2v) is 4.90. The maximum Gasteiger partial charge on any atom is 0.139 e. The highest BCUT2D eigenvalue weighted by atomic mass is 16.5. The average molecular weight is 235 g/mol. The monoisotopic (exact) mass is 235 g/mol. The minimum Gasteiger partial charge on any atom is -0.373 e. The lowest BCUT2D eigenvalue weighted by Crippen LogP contribution is -2.21. The van der Waals surface area contributed by atoms with Gasteiger partial charge in [-0.1, -0.05) is 25.8 Å². The van der Waals surface area contributed by atoms with E-state index in [2.05, 4.69) is 17.3 Å². The lowest BCUT2D eigenvalue weighted by atomic mass is 9.89. The molecule has 2 atom stereocenters. The lowest BCUT2D eigenvalue weighted by molar-refractivity contribution is 0.00457. The SMILES string of the molecule is CC1CCCC(OCc2ccc(NN)nc2)C1. The summed E-state index contributed by atoms with van der Waals surface area (Å²) in [6, 6.07) is 3.86. The van der Waals surface area contributed by atoms with Gasteiger partial charge in [0.1, 0.15) is 5.82 Å². The van der Waals surface area contributed by atoms with Crippen molar-refractivity contribution in [2.75, 3.05) is 5.43 Å². The first kappa shape index (κ1) is 12.3. The molecule has 0 aliphatic heterocycles. The van der Waals surface area contributed by atoms with Crippen molar-refractivity contribution in [1.82, 2.24) is 4.98 Å². The van der Waals surface area contributed by atoms with Crippen LogP contribution in [0.15, 0.2) is 18.3 Å². The van der Waals surface area contributed by atoms with Gasteiger partial charge >= 0.3 is 0 Å². The summed E-state index contributed by atoms with van der Waals surface area (Å²) in [7, 11) is 0. The minimum absolute atomic E-state index is 0.422. The Hall–Kier alpha value is -1.13. The van der Waals surface area contributed by atoms with Gasteiger partial charge in [-0.25, -0.2) is 10.8 Å². The summed E-state index contributed by atoms with van der Waals surface area (Å²) in [4.78, 5) is 4.16. The van der Waals surface area contributed by atoms with Crippen LogP contribution in [0.2, 0.25) is 0 Å². The fourth-order valence-corrected chi connectivity index (χ4v) is 2.34. The van der Waals surface area contributed by atoms with Gasteiger partial charge in [-0.15, -0.1) is 0 Å². The van der Waals surface area contributed by atoms with Gasteiger partial charge in [-0.2, -0.15) is 0 Å². The zero-order valence-electron chi connectivity index (χ0n) is 10.4. The quantitative estimate of drug-likeness (QED) is 0.621. The van der Waals surface area contributed by atoms with Crippen LogP contribution in [0.25, 0.3) is 0 Å². The second-order valence-electron chi connectivity index (χ2n) is 4.90. The van der Waals surface area contributed by atoms with E-state index in [1.54, 1.807) is 6.20 Å². The van der Waals surface area contributed by atoms with Crippen LogP contribution in [0.3, 0.4) is 0 Å². The molecule has 2 unspecified atom stereocenters. The normalized spacial score (nSPS) is 24.6. The van der Waals surface area contributed by atoms with E-state index < -0.39 is 0 Å². The first-order chi connectivity index (χ1) is 8.28. The number of anilines is 1. The molecular formula is C13H21N3O. The number of aromatic nitrogens is 1. The highest BCUT2D eigenvalue weighted by molar-refractivity contribution is 5.33. The maximum absolute atomic E-state index is 5.92. The van der Waals surface area contributed by atoms with Crippen LogP contribution in [-0.2, 0) is 11.3 Å². The summed E-state index contributed by atoms with van der Waals surface area (Å²) in [5.41, 5.74) is 3.61. The number of pyridine rings is 1. The molecule has 94 valence electrons. The van der Waals surface area contributed by atoms with E-state index >= 15 is 0 Å². The molecule has 1 heterocycles. The Kier molecular flexibility index (Phi) is 4.34. The molecule has 0 radical (unpaired) electrons. The number of nitrogen functional groups attached to an aromatic ring is 1. The van der Waals surface area contributed by atoms with Crippen LogP contribution in [0.4, 0.5) is 5.82 Å². The van der Waals surface area contributed by atoms with E-state index in [4.69, 9.17) is 10.6 Å². The van der Waals surface area contributed by atoms with Crippen molar-refractivity contribution in [1.29, 1.82) is 0 Å². The first-order valence-electron chi connectivity index (χ1n) is 6.31. The number of nitrogens with two attached hydrogens (primary N) is 1. The summed E-state index contributed by atoms with van der Waals surface area (Å²) in [5, 5.41) is 0. The van der Waals surface area contributed by atoms with E-state index in [1.807, 2.05) is 12.1 Å². The van der Waals surface area contributed by atoms with Crippen molar-refractivity contribution in [3.05, 3.63) is 23.9 Å². The molecule has 0 amide bonds. The van der Waals surface area contributed by atoms with Gasteiger partial charge in [0.05, 0.1) is 12.7 Å². The third-order valence-corrected chi connectivity index (χ3v) is 3.35. The zero-order valence-corrected chi connectivity index (χ0v) is 10.4. The van der Waals surface area contributed by atoms with Crippen molar-refractivity contribution < 1.29 is 4.74 Å². The molecule has 1 aliphatic carbocycles. The van der Waals surface area contributed by atoms with E-state index in [0.29, 0.717) is 18.5 Å². The summed E-state index contributed by atoms with van der Waals surface area (Å²) < 4.78 is 5.92. The van der Waals surface area contributed by atoms with Crippen LogP contribution in [0, 0.1) is 5.92 Å². The highest BCUT2D eigenvalue weighted by Crippen LogP contribution is 2.26. The Bertz CT molecular complexity index is 339. The molecular weight excluding hydrogens is 214 g/mol. The Labute approximate surface area is 103 Å². The standard InChI is InChI=1S/C13H21N3O/c1-10-3-2-4-12(7-10)17-9-11-5-6-13(16-14)15-8-11/h5-6,8,10,12H,2-4,7,9,14H2,1H3,(H,15,16). The number of nitrogens with one attached hydrogen (secondary N) is 1. The fourth-order valence-electron chi connectivity index (χ4n) is 2.34. The van der Waals surface area contributed by atoms with Crippen LogP contribution >= 0.6 is 0 Å². The van der Waals surface area contributed by atoms with Crippen molar-refractivity contribution in [2.45, 2.75) is 45.3 Å². The van der Waals surface area contributed by atoms with Crippen molar-refractivity contribution in [3.8, 4) is 0 Å². The summed E-state index contributed by atoms with van der Waals surface area (Å²) in [5.74, 6) is 6.74. The van der Waals surface area contributed by atoms with Gasteiger partial charge in [0.25, 0.3) is 0 Å². The molecule has 4 nitrogen and oxygen atoms in total. The average Bonchev–Trinajstić information content (AvgIpc) is 2.37. The molecule has 1 aromatic heterocycles. The Morgan fingerprint density at radius 2 is 2.35 bits per heavy atom. The molecule has 1 fully saturated rings. The number of hydrogen-bond acceptors (Lipinski definition) is 4. The zero-order chi connectivity index (χ0) is 12.1. The lowest BCUT2D eigenvalue weighted by Gasteiger charge is -2.26. The molecule has 4 heteroatoms. The molecule has 1 aliphatic rings. The topological polar surface area (TPSA) is 60.2 Å². The van der Waals surface area contributed by atoms with Gasteiger partial charge in [0.2, 0.25) is 0 Å². The number of hydrazine groups is 1. The Morgan fingerprint density at radius 3 is 3.00 bits per heavy atom. The fraction of sp³-hybridized carbons (Fsp3) is 0.615. The van der Waals surface area contributed by atoms with Gasteiger partial charge < -0.3 is 10.2 Å². The van der Waals surface area contributed by atoms with E-state index in [9.17, 15) is 0 Å². The molecule has 1 aromatic rings. The highest BCUT2D eigenvalue weighted by Gasteiger charge is 2.19. The summed E-state index contributed by atoms with van der Waals surface area (Å²) in [6.07, 6.45) is 7.25. The van der Waals surface area contributed by atoms with Crippen LogP contribution < -0.4 is 11.3 Å². The molecule has 0 spiro atoms. The van der Waals surface area contributed by atoms with Crippen LogP contribution in [0.5, 0.6) is 0 Å². The van der Waals surface area contributed by atoms with Crippen molar-refractivity contribution >= 4 is 5.82 Å². The van der Waals surface area contributed by atoms with E-state index in [0.717, 1.165) is 11.5 Å². The second kappa shape index (κ2) is 5.98. The van der Waals surface area contributed by atoms with Gasteiger partial charge in [0.15, 0.2) is 0 Å². The van der Waals surface area contributed by atoms with E-state index in [-0.39, 0.29) is 0 Å². The molecule has 2 rings (SSSR count). The molecule has 3 N–H and O–H groups in total. The number of ether oxygens (including phenoxy) is 1. The number of rotatable bonds is 4. The molecule has 0 saturated heterocycles. The Morgan fingerprint density at radius 1 is 1.47 bits per heavy atom. The summed E-state index contributed by atoms with van der Waals surface area (Å²) >= 11 is 0. The minimum atomic E-state index is 0.422. The van der Waals surface area contributed by atoms with Gasteiger partial charge in [-0.05, 0) is 30.4 Å². The van der Waals surface area contributed by atoms with Crippen molar-refractivity contribution in [3.63, 3.8) is 0 Å². The van der Waals surface area contributed by atoms with Gasteiger partial charge in [-0.3, -0.25) is 0 Å². The van der Waals surface area contributed by atoms with Crippen LogP contribution in [-0.4, -0.2) is 11.1 Å². The van der Waals surface area contributed by atoms with Gasteiger partial charge in [0, 0.05) is 6.20 Å². The van der Waals surface area contributed by atoms with Crippen molar-refractivity contribution in [2.24, 2.45) is 11.8 Å². The summed E-state index contributed by atoms with van der Waals surface area (Å²) in [6.45, 7) is 2.95. The predicted octanol–water partition coefficient (Wildman–Crippen LogP) is 2.46. The third kappa shape index (κ3) is 3.68. The number of hydrogen-bond donors (Lipinski definition) is 2. The van der Waals surface area contributed by atoms with Crippen LogP contribution in [0.1, 0.15) is 38.2 Å². The smallest absolute Gasteiger partial charge is 0.139 e. The Balaban J connectivity index is 1.80.